The lowest BCUT2D eigenvalue weighted by molar-refractivity contribution is 0.00641. The number of ether oxygens (including phenoxy) is 1. The number of H-pyrrole nitrogens is 1. The first-order valence-corrected chi connectivity index (χ1v) is 7.02. The van der Waals surface area contributed by atoms with E-state index in [1.807, 2.05) is 18.2 Å². The Balaban J connectivity index is 1.95. The number of nitrogens with zero attached hydrogens (tertiary/aromatic N) is 1. The number of aromatic nitrogens is 2. The van der Waals surface area contributed by atoms with E-state index in [0.29, 0.717) is 0 Å². The number of halogens is 1. The van der Waals surface area contributed by atoms with Crippen molar-refractivity contribution in [3.63, 3.8) is 0 Å². The summed E-state index contributed by atoms with van der Waals surface area (Å²) in [7, 11) is 0. The van der Waals surface area contributed by atoms with Crippen molar-refractivity contribution < 1.29 is 4.74 Å². The average molecular weight is 283 g/mol. The molecule has 0 saturated carbocycles. The summed E-state index contributed by atoms with van der Waals surface area (Å²) in [6.45, 7) is 1.69. The second kappa shape index (κ2) is 5.03. The number of nitrogens with one attached hydrogen (secondary N) is 1. The Bertz CT molecular complexity index is 613. The molecule has 1 N–H and O–H groups in total. The van der Waals surface area contributed by atoms with Crippen LogP contribution in [0.3, 0.4) is 0 Å². The maximum atomic E-state index is 5.98. The summed E-state index contributed by atoms with van der Waals surface area (Å²) in [6, 6.07) is 5.81. The minimum absolute atomic E-state index is 0.278. The maximum absolute atomic E-state index is 5.98. The topological polar surface area (TPSA) is 29.9 Å². The minimum Gasteiger partial charge on any atom is -0.376 e. The molecule has 1 aliphatic heterocycles. The van der Waals surface area contributed by atoms with Gasteiger partial charge >= 0.3 is 0 Å². The standard InChI is InChI=1S/C13H15ClN2OS/c14-9-4-5-12-11(7-9)15-13(18)16(12)8-10-3-1-2-6-17-10/h4-5,7,10H,1-3,6,8H2,(H,15,18). The molecule has 96 valence electrons. The van der Waals surface area contributed by atoms with Gasteiger partial charge in [0.1, 0.15) is 0 Å². The summed E-state index contributed by atoms with van der Waals surface area (Å²) >= 11 is 11.4. The first kappa shape index (κ1) is 12.2. The second-order valence-corrected chi connectivity index (χ2v) is 5.51. The van der Waals surface area contributed by atoms with E-state index in [9.17, 15) is 0 Å². The predicted octanol–water partition coefficient (Wildman–Crippen LogP) is 3.92. The van der Waals surface area contributed by atoms with Gasteiger partial charge in [-0.2, -0.15) is 0 Å². The molecule has 0 bridgehead atoms. The average Bonchev–Trinajstić information content (AvgIpc) is 2.66. The van der Waals surface area contributed by atoms with Crippen molar-refractivity contribution in [1.29, 1.82) is 0 Å². The van der Waals surface area contributed by atoms with E-state index in [2.05, 4.69) is 9.55 Å². The van der Waals surface area contributed by atoms with Crippen molar-refractivity contribution in [3.8, 4) is 0 Å². The number of fused-ring (bicyclic) bond motifs is 1. The van der Waals surface area contributed by atoms with Crippen LogP contribution in [0.1, 0.15) is 19.3 Å². The van der Waals surface area contributed by atoms with Crippen molar-refractivity contribution >= 4 is 34.9 Å². The van der Waals surface area contributed by atoms with Gasteiger partial charge in [0.25, 0.3) is 0 Å². The van der Waals surface area contributed by atoms with Crippen LogP contribution in [0.15, 0.2) is 18.2 Å². The van der Waals surface area contributed by atoms with E-state index >= 15 is 0 Å². The molecule has 1 unspecified atom stereocenters. The first-order valence-electron chi connectivity index (χ1n) is 6.24. The van der Waals surface area contributed by atoms with Gasteiger partial charge in [0.15, 0.2) is 4.77 Å². The van der Waals surface area contributed by atoms with Gasteiger partial charge in [-0.05, 0) is 49.7 Å². The van der Waals surface area contributed by atoms with Gasteiger partial charge in [0, 0.05) is 11.6 Å². The number of hydrogen-bond donors (Lipinski definition) is 1. The summed E-state index contributed by atoms with van der Waals surface area (Å²) < 4.78 is 8.62. The van der Waals surface area contributed by atoms with E-state index < -0.39 is 0 Å². The van der Waals surface area contributed by atoms with Crippen molar-refractivity contribution in [1.82, 2.24) is 9.55 Å². The Labute approximate surface area is 116 Å². The van der Waals surface area contributed by atoms with Crippen molar-refractivity contribution in [2.24, 2.45) is 0 Å². The third kappa shape index (κ3) is 2.32. The highest BCUT2D eigenvalue weighted by atomic mass is 35.5. The Kier molecular flexibility index (Phi) is 3.41. The molecule has 0 aliphatic carbocycles. The molecule has 1 aromatic carbocycles. The van der Waals surface area contributed by atoms with Crippen LogP contribution in [-0.4, -0.2) is 22.3 Å². The Morgan fingerprint density at radius 2 is 2.33 bits per heavy atom. The van der Waals surface area contributed by atoms with E-state index in [0.717, 1.165) is 40.4 Å². The fraction of sp³-hybridized carbons (Fsp3) is 0.462. The molecule has 1 fully saturated rings. The van der Waals surface area contributed by atoms with Crippen LogP contribution >= 0.6 is 23.8 Å². The molecule has 0 radical (unpaired) electrons. The number of rotatable bonds is 2. The van der Waals surface area contributed by atoms with E-state index in [1.54, 1.807) is 0 Å². The van der Waals surface area contributed by atoms with Gasteiger partial charge in [0.05, 0.1) is 23.7 Å². The van der Waals surface area contributed by atoms with Gasteiger partial charge in [-0.25, -0.2) is 0 Å². The molecular weight excluding hydrogens is 268 g/mol. The molecular formula is C13H15ClN2OS. The van der Waals surface area contributed by atoms with E-state index in [1.165, 1.54) is 12.8 Å². The number of benzene rings is 1. The lowest BCUT2D eigenvalue weighted by Gasteiger charge is -2.23. The largest absolute Gasteiger partial charge is 0.376 e. The summed E-state index contributed by atoms with van der Waals surface area (Å²) in [5, 5.41) is 0.722. The van der Waals surface area contributed by atoms with Crippen molar-refractivity contribution in [3.05, 3.63) is 28.0 Å². The molecule has 1 aromatic heterocycles. The van der Waals surface area contributed by atoms with Crippen LogP contribution in [0.4, 0.5) is 0 Å². The third-order valence-electron chi connectivity index (χ3n) is 3.40. The molecule has 0 amide bonds. The van der Waals surface area contributed by atoms with Gasteiger partial charge in [-0.1, -0.05) is 11.6 Å². The molecule has 1 aliphatic rings. The van der Waals surface area contributed by atoms with Crippen LogP contribution in [0, 0.1) is 4.77 Å². The van der Waals surface area contributed by atoms with Crippen LogP contribution < -0.4 is 0 Å². The molecule has 5 heteroatoms. The summed E-state index contributed by atoms with van der Waals surface area (Å²) in [6.07, 6.45) is 3.81. The Morgan fingerprint density at radius 1 is 1.44 bits per heavy atom. The zero-order valence-corrected chi connectivity index (χ0v) is 11.6. The van der Waals surface area contributed by atoms with Crippen LogP contribution in [0.5, 0.6) is 0 Å². The molecule has 1 atom stereocenters. The number of aromatic amines is 1. The highest BCUT2D eigenvalue weighted by molar-refractivity contribution is 7.71. The second-order valence-electron chi connectivity index (χ2n) is 4.69. The van der Waals surface area contributed by atoms with Gasteiger partial charge in [-0.3, -0.25) is 0 Å². The molecule has 3 nitrogen and oxygen atoms in total. The molecule has 18 heavy (non-hydrogen) atoms. The summed E-state index contributed by atoms with van der Waals surface area (Å²) in [5.74, 6) is 0. The van der Waals surface area contributed by atoms with E-state index in [-0.39, 0.29) is 6.10 Å². The van der Waals surface area contributed by atoms with Crippen LogP contribution in [0.2, 0.25) is 5.02 Å². The number of imidazole rings is 1. The first-order chi connectivity index (χ1) is 8.74. The van der Waals surface area contributed by atoms with E-state index in [4.69, 9.17) is 28.6 Å². The summed E-state index contributed by atoms with van der Waals surface area (Å²) in [4.78, 5) is 3.20. The normalized spacial score (nSPS) is 20.4. The summed E-state index contributed by atoms with van der Waals surface area (Å²) in [5.41, 5.74) is 2.09. The fourth-order valence-corrected chi connectivity index (χ4v) is 2.93. The Hall–Kier alpha value is -0.840. The highest BCUT2D eigenvalue weighted by Gasteiger charge is 2.16. The maximum Gasteiger partial charge on any atom is 0.178 e. The lowest BCUT2D eigenvalue weighted by Crippen LogP contribution is -2.24. The molecule has 2 aromatic rings. The monoisotopic (exact) mass is 282 g/mol. The van der Waals surface area contributed by atoms with Gasteiger partial charge < -0.3 is 14.3 Å². The van der Waals surface area contributed by atoms with Crippen LogP contribution in [0.25, 0.3) is 11.0 Å². The molecule has 3 rings (SSSR count). The molecule has 0 spiro atoms. The van der Waals surface area contributed by atoms with Crippen molar-refractivity contribution in [2.45, 2.75) is 31.9 Å². The smallest absolute Gasteiger partial charge is 0.178 e. The third-order valence-corrected chi connectivity index (χ3v) is 3.95. The fourth-order valence-electron chi connectivity index (χ4n) is 2.47. The zero-order chi connectivity index (χ0) is 12.5. The van der Waals surface area contributed by atoms with Crippen LogP contribution in [-0.2, 0) is 11.3 Å². The molecule has 2 heterocycles. The Morgan fingerprint density at radius 3 is 3.11 bits per heavy atom. The lowest BCUT2D eigenvalue weighted by atomic mass is 10.1. The quantitative estimate of drug-likeness (QED) is 0.846. The van der Waals surface area contributed by atoms with Gasteiger partial charge in [0.2, 0.25) is 0 Å². The van der Waals surface area contributed by atoms with Crippen molar-refractivity contribution in [2.75, 3.05) is 6.61 Å². The molecule has 1 saturated heterocycles. The highest BCUT2D eigenvalue weighted by Crippen LogP contribution is 2.21. The van der Waals surface area contributed by atoms with Gasteiger partial charge in [-0.15, -0.1) is 0 Å². The SMILES string of the molecule is S=c1[nH]c2cc(Cl)ccc2n1CC1CCCCO1. The predicted molar refractivity (Wildman–Crippen MR) is 75.7 cm³/mol. The number of hydrogen-bond acceptors (Lipinski definition) is 2. The minimum atomic E-state index is 0.278. The zero-order valence-electron chi connectivity index (χ0n) is 9.99.